The molecule has 1 aromatic heterocycles. The fourth-order valence-electron chi connectivity index (χ4n) is 1.58. The van der Waals surface area contributed by atoms with E-state index in [9.17, 15) is 4.79 Å². The van der Waals surface area contributed by atoms with Gasteiger partial charge in [0.1, 0.15) is 5.82 Å². The molecule has 0 aliphatic rings. The second kappa shape index (κ2) is 4.69. The number of hydrogen-bond donors (Lipinski definition) is 1. The van der Waals surface area contributed by atoms with Crippen molar-refractivity contribution in [1.82, 2.24) is 9.97 Å². The van der Waals surface area contributed by atoms with E-state index in [0.29, 0.717) is 11.5 Å². The Morgan fingerprint density at radius 3 is 2.33 bits per heavy atom. The van der Waals surface area contributed by atoms with Gasteiger partial charge in [-0.15, -0.1) is 0 Å². The molecule has 0 saturated heterocycles. The molecule has 3 nitrogen and oxygen atoms in total. The van der Waals surface area contributed by atoms with E-state index >= 15 is 0 Å². The molecule has 94 valence electrons. The maximum absolute atomic E-state index is 11.7. The largest absolute Gasteiger partial charge is 0.310 e. The number of nitrogens with one attached hydrogen (secondary N) is 1. The summed E-state index contributed by atoms with van der Waals surface area (Å²) < 4.78 is 1.01. The number of aromatic nitrogens is 2. The van der Waals surface area contributed by atoms with E-state index in [0.717, 1.165) is 10.0 Å². The summed E-state index contributed by atoms with van der Waals surface area (Å²) in [6.07, 6.45) is 0. The fourth-order valence-corrected chi connectivity index (χ4v) is 1.85. The van der Waals surface area contributed by atoms with Gasteiger partial charge < -0.3 is 4.98 Å². The van der Waals surface area contributed by atoms with Crippen LogP contribution in [0.25, 0.3) is 11.3 Å². The van der Waals surface area contributed by atoms with Crippen LogP contribution in [-0.2, 0) is 5.41 Å². The molecule has 0 atom stereocenters. The van der Waals surface area contributed by atoms with Crippen LogP contribution in [0.1, 0.15) is 26.6 Å². The SMILES string of the molecule is CC(C)(C)c1nc(-c2ccc(Br)cc2)cc(=O)[nH]1. The highest BCUT2D eigenvalue weighted by atomic mass is 79.9. The first-order chi connectivity index (χ1) is 8.36. The summed E-state index contributed by atoms with van der Waals surface area (Å²) in [6, 6.07) is 9.29. The third kappa shape index (κ3) is 2.88. The van der Waals surface area contributed by atoms with E-state index in [1.54, 1.807) is 0 Å². The van der Waals surface area contributed by atoms with Crippen molar-refractivity contribution in [2.24, 2.45) is 0 Å². The molecule has 2 rings (SSSR count). The highest BCUT2D eigenvalue weighted by Crippen LogP contribution is 2.22. The van der Waals surface area contributed by atoms with Gasteiger partial charge in [0, 0.05) is 21.5 Å². The fraction of sp³-hybridized carbons (Fsp3) is 0.286. The Labute approximate surface area is 114 Å². The highest BCUT2D eigenvalue weighted by Gasteiger charge is 2.17. The van der Waals surface area contributed by atoms with Crippen LogP contribution in [0.3, 0.4) is 0 Å². The smallest absolute Gasteiger partial charge is 0.251 e. The highest BCUT2D eigenvalue weighted by molar-refractivity contribution is 9.10. The molecule has 0 spiro atoms. The molecule has 2 aromatic rings. The van der Waals surface area contributed by atoms with Gasteiger partial charge in [-0.3, -0.25) is 4.79 Å². The minimum atomic E-state index is -0.176. The molecule has 1 heterocycles. The van der Waals surface area contributed by atoms with Gasteiger partial charge in [-0.2, -0.15) is 0 Å². The van der Waals surface area contributed by atoms with Crippen LogP contribution in [0, 0.1) is 0 Å². The molecule has 0 radical (unpaired) electrons. The summed E-state index contributed by atoms with van der Waals surface area (Å²) in [6.45, 7) is 6.07. The molecule has 0 aliphatic carbocycles. The number of H-pyrrole nitrogens is 1. The zero-order valence-electron chi connectivity index (χ0n) is 10.6. The van der Waals surface area contributed by atoms with E-state index in [-0.39, 0.29) is 11.0 Å². The van der Waals surface area contributed by atoms with Crippen molar-refractivity contribution in [2.45, 2.75) is 26.2 Å². The van der Waals surface area contributed by atoms with Gasteiger partial charge in [0.25, 0.3) is 5.56 Å². The van der Waals surface area contributed by atoms with Crippen molar-refractivity contribution < 1.29 is 0 Å². The lowest BCUT2D eigenvalue weighted by molar-refractivity contribution is 0.543. The summed E-state index contributed by atoms with van der Waals surface area (Å²) >= 11 is 3.39. The zero-order valence-corrected chi connectivity index (χ0v) is 12.2. The molecule has 1 N–H and O–H groups in total. The maximum atomic E-state index is 11.7. The maximum Gasteiger partial charge on any atom is 0.251 e. The number of benzene rings is 1. The Bertz CT molecular complexity index is 609. The Balaban J connectivity index is 2.55. The lowest BCUT2D eigenvalue weighted by Gasteiger charge is -2.17. The third-order valence-corrected chi connectivity index (χ3v) is 3.12. The lowest BCUT2D eigenvalue weighted by atomic mass is 9.95. The predicted molar refractivity (Wildman–Crippen MR) is 76.7 cm³/mol. The number of halogens is 1. The first-order valence-electron chi connectivity index (χ1n) is 5.74. The van der Waals surface area contributed by atoms with E-state index in [2.05, 4.69) is 25.9 Å². The van der Waals surface area contributed by atoms with Crippen LogP contribution in [0.15, 0.2) is 39.6 Å². The number of nitrogens with zero attached hydrogens (tertiary/aromatic N) is 1. The van der Waals surface area contributed by atoms with Gasteiger partial charge in [0.2, 0.25) is 0 Å². The summed E-state index contributed by atoms with van der Waals surface area (Å²) in [5.74, 6) is 0.702. The van der Waals surface area contributed by atoms with Crippen molar-refractivity contribution in [3.63, 3.8) is 0 Å². The number of hydrogen-bond acceptors (Lipinski definition) is 2. The molecule has 0 fully saturated rings. The number of rotatable bonds is 1. The van der Waals surface area contributed by atoms with E-state index in [4.69, 9.17) is 0 Å². The molecule has 0 unspecified atom stereocenters. The average Bonchev–Trinajstić information content (AvgIpc) is 2.28. The van der Waals surface area contributed by atoms with Crippen molar-refractivity contribution in [1.29, 1.82) is 0 Å². The molecule has 0 amide bonds. The van der Waals surface area contributed by atoms with E-state index in [1.807, 2.05) is 45.0 Å². The van der Waals surface area contributed by atoms with Gasteiger partial charge in [0.05, 0.1) is 5.69 Å². The van der Waals surface area contributed by atoms with Crippen molar-refractivity contribution in [3.8, 4) is 11.3 Å². The normalized spacial score (nSPS) is 11.6. The average molecular weight is 307 g/mol. The van der Waals surface area contributed by atoms with Crippen molar-refractivity contribution >= 4 is 15.9 Å². The van der Waals surface area contributed by atoms with Crippen molar-refractivity contribution in [2.75, 3.05) is 0 Å². The monoisotopic (exact) mass is 306 g/mol. The Hall–Kier alpha value is -1.42. The first-order valence-corrected chi connectivity index (χ1v) is 6.53. The van der Waals surface area contributed by atoms with Gasteiger partial charge in [-0.1, -0.05) is 48.8 Å². The van der Waals surface area contributed by atoms with Gasteiger partial charge >= 0.3 is 0 Å². The minimum absolute atomic E-state index is 0.118. The second-order valence-corrected chi connectivity index (χ2v) is 6.15. The molecule has 1 aromatic carbocycles. The summed E-state index contributed by atoms with van der Waals surface area (Å²) in [7, 11) is 0. The quantitative estimate of drug-likeness (QED) is 0.876. The van der Waals surface area contributed by atoms with E-state index in [1.165, 1.54) is 6.07 Å². The van der Waals surface area contributed by atoms with Crippen LogP contribution >= 0.6 is 15.9 Å². The third-order valence-electron chi connectivity index (χ3n) is 2.59. The molecule has 0 aliphatic heterocycles. The second-order valence-electron chi connectivity index (χ2n) is 5.24. The minimum Gasteiger partial charge on any atom is -0.310 e. The van der Waals surface area contributed by atoms with Crippen LogP contribution in [0.5, 0.6) is 0 Å². The van der Waals surface area contributed by atoms with Crippen LogP contribution < -0.4 is 5.56 Å². The standard InChI is InChI=1S/C14H15BrN2O/c1-14(2,3)13-16-11(8-12(18)17-13)9-4-6-10(15)7-5-9/h4-8H,1-3H3,(H,16,17,18). The first kappa shape index (κ1) is 13.0. The zero-order chi connectivity index (χ0) is 13.3. The lowest BCUT2D eigenvalue weighted by Crippen LogP contribution is -2.21. The summed E-state index contributed by atoms with van der Waals surface area (Å²) in [5, 5.41) is 0. The molecule has 0 bridgehead atoms. The van der Waals surface area contributed by atoms with Gasteiger partial charge in [-0.05, 0) is 12.1 Å². The van der Waals surface area contributed by atoms with Crippen LogP contribution in [0.4, 0.5) is 0 Å². The molecule has 4 heteroatoms. The summed E-state index contributed by atoms with van der Waals surface area (Å²) in [5.41, 5.74) is 1.35. The topological polar surface area (TPSA) is 45.8 Å². The van der Waals surface area contributed by atoms with Crippen molar-refractivity contribution in [3.05, 3.63) is 51.0 Å². The molecule has 18 heavy (non-hydrogen) atoms. The predicted octanol–water partition coefficient (Wildman–Crippen LogP) is 3.50. The Morgan fingerprint density at radius 1 is 1.17 bits per heavy atom. The van der Waals surface area contributed by atoms with Crippen LogP contribution in [-0.4, -0.2) is 9.97 Å². The van der Waals surface area contributed by atoms with Crippen LogP contribution in [0.2, 0.25) is 0 Å². The van der Waals surface area contributed by atoms with Gasteiger partial charge in [-0.25, -0.2) is 4.98 Å². The number of aromatic amines is 1. The summed E-state index contributed by atoms with van der Waals surface area (Å²) in [4.78, 5) is 19.0. The molecular formula is C14H15BrN2O. The molecule has 0 saturated carbocycles. The molecular weight excluding hydrogens is 292 g/mol. The Morgan fingerprint density at radius 2 is 1.78 bits per heavy atom. The van der Waals surface area contributed by atoms with Gasteiger partial charge in [0.15, 0.2) is 0 Å². The Kier molecular flexibility index (Phi) is 3.39. The van der Waals surface area contributed by atoms with E-state index < -0.39 is 0 Å².